The Morgan fingerprint density at radius 2 is 3.00 bits per heavy atom. The Morgan fingerprint density at radius 3 is 3.00 bits per heavy atom. The maximum Gasteiger partial charge on any atom is 0.209 e. The van der Waals surface area contributed by atoms with E-state index in [1.807, 2.05) is 0 Å². The van der Waals surface area contributed by atoms with Crippen LogP contribution in [-0.2, 0) is 4.79 Å². The molecule has 2 nitrogen and oxygen atoms in total. The molecule has 2 N–H and O–H groups in total. The second-order valence-corrected chi connectivity index (χ2v) is 0.777. The van der Waals surface area contributed by atoms with Crippen LogP contribution >= 0.6 is 0 Å². The molecule has 0 fully saturated rings. The average molecular weight is 71.9 g/mol. The van der Waals surface area contributed by atoms with Crippen molar-refractivity contribution in [3.05, 3.63) is 0 Å². The van der Waals surface area contributed by atoms with Crippen molar-refractivity contribution < 1.29 is 6.21 Å². The van der Waals surface area contributed by atoms with E-state index in [2.05, 4.69) is 0 Å². The van der Waals surface area contributed by atoms with Gasteiger partial charge in [0.1, 0.15) is 7.85 Å². The Morgan fingerprint density at radius 1 is 2.40 bits per heavy atom. The first-order chi connectivity index (χ1) is 2.81. The van der Waals surface area contributed by atoms with Gasteiger partial charge in [-0.15, -0.1) is 0 Å². The van der Waals surface area contributed by atoms with Gasteiger partial charge >= 0.3 is 0 Å². The fraction of sp³-hybridized carbons (Fsp3) is 0.500. The minimum atomic E-state index is -0.241. The zero-order valence-corrected chi connectivity index (χ0v) is 3.12. The van der Waals surface area contributed by atoms with Crippen LogP contribution in [0.1, 0.15) is 0 Å². The summed E-state index contributed by atoms with van der Waals surface area (Å²) in [7, 11) is 1.70. The van der Waals surface area contributed by atoms with Crippen LogP contribution in [0.4, 0.5) is 0 Å². The standard InChI is InChI=1S/C2H6BNO/c3-1-2(4)5/h1,3H2,(H2,4,5)/i/hD. The highest BCUT2D eigenvalue weighted by Gasteiger charge is 1.77. The van der Waals surface area contributed by atoms with E-state index in [-0.39, 0.29) is 5.91 Å². The van der Waals surface area contributed by atoms with Gasteiger partial charge in [-0.05, 0) is 6.32 Å². The number of primary amides is 1. The van der Waals surface area contributed by atoms with Crippen LogP contribution in [0.2, 0.25) is 7.73 Å². The highest BCUT2D eigenvalue weighted by Crippen LogP contribution is 1.58. The Hall–Kier alpha value is -0.465. The molecule has 0 aromatic rings. The van der Waals surface area contributed by atoms with Gasteiger partial charge in [-0.25, -0.2) is 0 Å². The van der Waals surface area contributed by atoms with Crippen LogP contribution in [0.25, 0.3) is 0 Å². The van der Waals surface area contributed by atoms with Gasteiger partial charge in [0.15, 0.2) is 1.41 Å². The summed E-state index contributed by atoms with van der Waals surface area (Å²) in [5.74, 6) is -0.241. The van der Waals surface area contributed by atoms with Gasteiger partial charge in [0.25, 0.3) is 0 Å². The summed E-state index contributed by atoms with van der Waals surface area (Å²) in [6, 6.07) is 0. The summed E-state index contributed by atoms with van der Waals surface area (Å²) in [5.41, 5.74) is 1.73. The van der Waals surface area contributed by atoms with Gasteiger partial charge in [-0.1, -0.05) is 0 Å². The van der Waals surface area contributed by atoms with E-state index >= 15 is 0 Å². The quantitative estimate of drug-likeness (QED) is 0.377. The van der Waals surface area contributed by atoms with Crippen molar-refractivity contribution in [1.29, 1.82) is 0 Å². The van der Waals surface area contributed by atoms with Gasteiger partial charge in [-0.3, -0.25) is 4.79 Å². The van der Waals surface area contributed by atoms with Gasteiger partial charge in [0, 0.05) is 0 Å². The first-order valence-corrected chi connectivity index (χ1v) is 1.51. The summed E-state index contributed by atoms with van der Waals surface area (Å²) < 4.78 is 6.21. The first kappa shape index (κ1) is 2.76. The van der Waals surface area contributed by atoms with Crippen molar-refractivity contribution in [2.45, 2.75) is 6.32 Å². The minimum Gasteiger partial charge on any atom is -0.370 e. The first-order valence-electron chi connectivity index (χ1n) is 2.01. The number of hydrogen-bond acceptors (Lipinski definition) is 1. The Labute approximate surface area is 33.2 Å². The summed E-state index contributed by atoms with van der Waals surface area (Å²) in [6.07, 6.45) is 0.392. The molecule has 3 heteroatoms. The molecule has 0 saturated heterocycles. The molecule has 0 saturated carbocycles. The van der Waals surface area contributed by atoms with Gasteiger partial charge < -0.3 is 5.73 Å². The van der Waals surface area contributed by atoms with E-state index in [1.54, 1.807) is 13.6 Å². The van der Waals surface area contributed by atoms with E-state index in [4.69, 9.17) is 1.41 Å². The van der Waals surface area contributed by atoms with Crippen LogP contribution in [-0.4, -0.2) is 13.8 Å². The molecule has 28 valence electrons. The van der Waals surface area contributed by atoms with Gasteiger partial charge in [0.05, 0.1) is 0 Å². The monoisotopic (exact) mass is 72.1 g/mol. The van der Waals surface area contributed by atoms with Crippen molar-refractivity contribution in [2.24, 2.45) is 5.73 Å². The number of carbonyl (C=O) groups is 1. The molecule has 0 bridgehead atoms. The van der Waals surface area contributed by atoms with Gasteiger partial charge in [0.2, 0.25) is 5.91 Å². The van der Waals surface area contributed by atoms with Gasteiger partial charge in [-0.2, -0.15) is 0 Å². The topological polar surface area (TPSA) is 43.1 Å². The Balaban J connectivity index is 2.99. The number of nitrogens with two attached hydrogens (primary N) is 1. The van der Waals surface area contributed by atoms with Crippen molar-refractivity contribution in [1.82, 2.24) is 0 Å². The molecule has 0 aliphatic heterocycles. The smallest absolute Gasteiger partial charge is 0.209 e. The third-order valence-corrected chi connectivity index (χ3v) is 0.321. The predicted octanol–water partition coefficient (Wildman–Crippen LogP) is -1.48. The maximum atomic E-state index is 9.88. The molecule has 0 aliphatic carbocycles. The zero-order valence-electron chi connectivity index (χ0n) is 4.12. The van der Waals surface area contributed by atoms with Crippen molar-refractivity contribution in [3.8, 4) is 0 Å². The molecule has 0 rings (SSSR count). The maximum absolute atomic E-state index is 9.88. The largest absolute Gasteiger partial charge is 0.370 e. The number of hydrogen-bond donors (Lipinski definition) is 1. The van der Waals surface area contributed by atoms with Crippen LogP contribution in [0.15, 0.2) is 0 Å². The summed E-state index contributed by atoms with van der Waals surface area (Å²) in [5, 5.41) is 0. The van der Waals surface area contributed by atoms with Crippen molar-refractivity contribution >= 4 is 13.8 Å². The lowest BCUT2D eigenvalue weighted by Gasteiger charge is -1.72. The number of rotatable bonds is 1. The van der Waals surface area contributed by atoms with E-state index < -0.39 is 0 Å². The molecule has 5 heavy (non-hydrogen) atoms. The molecule has 0 aromatic carbocycles. The fourth-order valence-electron chi connectivity index (χ4n) is 0. The molecular weight excluding hydrogens is 64.8 g/mol. The normalized spacial score (nSPS) is 9.20. The molecule has 0 radical (unpaired) electrons. The Bertz CT molecular complexity index is 51.5. The van der Waals surface area contributed by atoms with E-state index in [9.17, 15) is 4.79 Å². The van der Waals surface area contributed by atoms with Crippen LogP contribution in [0, 0.1) is 0 Å². The lowest BCUT2D eigenvalue weighted by atomic mass is 10.1. The van der Waals surface area contributed by atoms with E-state index in [1.165, 1.54) is 0 Å². The molecule has 0 aromatic heterocycles. The SMILES string of the molecule is [2H]NC(=O)CB. The summed E-state index contributed by atoms with van der Waals surface area (Å²) in [6.45, 7) is 0. The van der Waals surface area contributed by atoms with Crippen LogP contribution in [0.3, 0.4) is 0 Å². The van der Waals surface area contributed by atoms with Crippen molar-refractivity contribution in [3.63, 3.8) is 0 Å². The lowest BCUT2D eigenvalue weighted by Crippen LogP contribution is -2.07. The number of amides is 1. The van der Waals surface area contributed by atoms with Crippen molar-refractivity contribution in [2.75, 3.05) is 0 Å². The van der Waals surface area contributed by atoms with E-state index in [0.717, 1.165) is 0 Å². The highest BCUT2D eigenvalue weighted by molar-refractivity contribution is 6.19. The number of carbonyl (C=O) groups excluding carboxylic acids is 1. The fourth-order valence-corrected chi connectivity index (χ4v) is 0. The molecule has 0 heterocycles. The molecule has 0 unspecified atom stereocenters. The molecule has 1 amide bonds. The zero-order chi connectivity index (χ0) is 4.99. The average Bonchev–Trinajstić information content (AvgIpc) is 1.65. The molecule has 0 aliphatic rings. The molecule has 0 spiro atoms. The summed E-state index contributed by atoms with van der Waals surface area (Å²) in [4.78, 5) is 9.88. The third kappa shape index (κ3) is 3.53. The Kier molecular flexibility index (Phi) is 1.00. The summed E-state index contributed by atoms with van der Waals surface area (Å²) >= 11 is 0. The molecular formula is C2H6BNO. The van der Waals surface area contributed by atoms with Crippen LogP contribution in [0.5, 0.6) is 0 Å². The predicted molar refractivity (Wildman–Crippen MR) is 22.5 cm³/mol. The third-order valence-electron chi connectivity index (χ3n) is 0.321. The van der Waals surface area contributed by atoms with Crippen LogP contribution < -0.4 is 5.73 Å². The van der Waals surface area contributed by atoms with E-state index in [0.29, 0.717) is 6.32 Å². The highest BCUT2D eigenvalue weighted by atomic mass is 16.1. The minimum absolute atomic E-state index is 0.241. The molecule has 0 atom stereocenters. The second kappa shape index (κ2) is 1.82. The second-order valence-electron chi connectivity index (χ2n) is 0.777. The lowest BCUT2D eigenvalue weighted by molar-refractivity contribution is -0.115.